The van der Waals surface area contributed by atoms with Gasteiger partial charge in [-0.1, -0.05) is 12.8 Å². The van der Waals surface area contributed by atoms with Crippen molar-refractivity contribution in [1.82, 2.24) is 9.29 Å². The molecule has 3 rings (SSSR count). The van der Waals surface area contributed by atoms with Gasteiger partial charge < -0.3 is 4.74 Å². The lowest BCUT2D eigenvalue weighted by Gasteiger charge is -2.22. The van der Waals surface area contributed by atoms with Gasteiger partial charge in [0.05, 0.1) is 13.3 Å². The fourth-order valence-corrected chi connectivity index (χ4v) is 4.89. The Hall–Kier alpha value is -1.14. The number of ether oxygens (including phenoxy) is 1. The highest BCUT2D eigenvalue weighted by molar-refractivity contribution is 7.89. The van der Waals surface area contributed by atoms with E-state index < -0.39 is 10.0 Å². The predicted octanol–water partition coefficient (Wildman–Crippen LogP) is 1.90. The zero-order chi connectivity index (χ0) is 14.2. The number of sulfonamides is 1. The van der Waals surface area contributed by atoms with E-state index in [1.165, 1.54) is 32.3 Å². The van der Waals surface area contributed by atoms with Gasteiger partial charge in [-0.3, -0.25) is 4.98 Å². The highest BCUT2D eigenvalue weighted by atomic mass is 32.2. The molecule has 0 unspecified atom stereocenters. The summed E-state index contributed by atoms with van der Waals surface area (Å²) in [4.78, 5) is 4.18. The van der Waals surface area contributed by atoms with Gasteiger partial charge >= 0.3 is 0 Å². The molecule has 0 aromatic carbocycles. The van der Waals surface area contributed by atoms with Crippen molar-refractivity contribution in [2.75, 3.05) is 20.2 Å². The topological polar surface area (TPSA) is 59.5 Å². The standard InChI is InChI=1S/C14H20N2O3S/c1-19-13-6-14(8-15-7-13)20(17,18)16-9-11-4-2-3-5-12(11)10-16/h6-8,11-12H,2-5,9-10H2,1H3/t11-,12+. The van der Waals surface area contributed by atoms with E-state index in [2.05, 4.69) is 4.98 Å². The van der Waals surface area contributed by atoms with Crippen molar-refractivity contribution in [1.29, 1.82) is 0 Å². The minimum absolute atomic E-state index is 0.232. The summed E-state index contributed by atoms with van der Waals surface area (Å²) in [6, 6.07) is 1.55. The fourth-order valence-electron chi connectivity index (χ4n) is 3.36. The van der Waals surface area contributed by atoms with E-state index in [9.17, 15) is 8.42 Å². The number of hydrogen-bond acceptors (Lipinski definition) is 4. The van der Waals surface area contributed by atoms with Gasteiger partial charge in [0, 0.05) is 25.4 Å². The monoisotopic (exact) mass is 296 g/mol. The predicted molar refractivity (Wildman–Crippen MR) is 75.0 cm³/mol. The molecule has 1 aliphatic heterocycles. The third-order valence-electron chi connectivity index (χ3n) is 4.50. The molecular formula is C14H20N2O3S. The van der Waals surface area contributed by atoms with E-state index in [1.807, 2.05) is 0 Å². The first-order chi connectivity index (χ1) is 9.61. The number of nitrogens with zero attached hydrogens (tertiary/aromatic N) is 2. The molecule has 1 aromatic heterocycles. The van der Waals surface area contributed by atoms with Crippen LogP contribution in [0.4, 0.5) is 0 Å². The summed E-state index contributed by atoms with van der Waals surface area (Å²) < 4.78 is 32.0. The number of rotatable bonds is 3. The van der Waals surface area contributed by atoms with Crippen LogP contribution in [0.1, 0.15) is 25.7 Å². The lowest BCUT2D eigenvalue weighted by atomic mass is 9.82. The zero-order valence-electron chi connectivity index (χ0n) is 11.7. The maximum atomic E-state index is 12.7. The number of pyridine rings is 1. The second-order valence-corrected chi connectivity index (χ2v) is 7.63. The molecule has 0 spiro atoms. The summed E-state index contributed by atoms with van der Waals surface area (Å²) in [7, 11) is -1.93. The van der Waals surface area contributed by atoms with Crippen LogP contribution in [0.25, 0.3) is 0 Å². The smallest absolute Gasteiger partial charge is 0.244 e. The zero-order valence-corrected chi connectivity index (χ0v) is 12.5. The molecule has 20 heavy (non-hydrogen) atoms. The molecule has 1 aromatic rings. The number of fused-ring (bicyclic) bond motifs is 1. The van der Waals surface area contributed by atoms with Gasteiger partial charge in [0.2, 0.25) is 10.0 Å². The van der Waals surface area contributed by atoms with Crippen LogP contribution in [-0.2, 0) is 10.0 Å². The molecule has 0 radical (unpaired) electrons. The summed E-state index contributed by atoms with van der Waals surface area (Å²) in [6.07, 6.45) is 7.70. The number of hydrogen-bond donors (Lipinski definition) is 0. The molecule has 2 atom stereocenters. The van der Waals surface area contributed by atoms with Crippen molar-refractivity contribution in [2.24, 2.45) is 11.8 Å². The largest absolute Gasteiger partial charge is 0.495 e. The van der Waals surface area contributed by atoms with Crippen molar-refractivity contribution >= 4 is 10.0 Å². The molecule has 1 saturated carbocycles. The summed E-state index contributed by atoms with van der Waals surface area (Å²) in [6.45, 7) is 1.31. The van der Waals surface area contributed by atoms with E-state index in [1.54, 1.807) is 10.4 Å². The molecule has 1 aliphatic carbocycles. The van der Waals surface area contributed by atoms with Gasteiger partial charge in [0.15, 0.2) is 0 Å². The average molecular weight is 296 g/mol. The Balaban J connectivity index is 1.85. The first-order valence-corrected chi connectivity index (χ1v) is 8.54. The van der Waals surface area contributed by atoms with Crippen LogP contribution in [0.5, 0.6) is 5.75 Å². The highest BCUT2D eigenvalue weighted by Crippen LogP contribution is 2.38. The maximum Gasteiger partial charge on any atom is 0.244 e. The Kier molecular flexibility index (Phi) is 3.69. The van der Waals surface area contributed by atoms with E-state index >= 15 is 0 Å². The average Bonchev–Trinajstić information content (AvgIpc) is 2.92. The minimum atomic E-state index is -3.44. The molecule has 1 saturated heterocycles. The molecule has 110 valence electrons. The van der Waals surface area contributed by atoms with Crippen LogP contribution >= 0.6 is 0 Å². The molecule has 0 amide bonds. The van der Waals surface area contributed by atoms with Crippen LogP contribution < -0.4 is 4.74 Å². The van der Waals surface area contributed by atoms with E-state index in [-0.39, 0.29) is 4.90 Å². The van der Waals surface area contributed by atoms with Gasteiger partial charge in [0.1, 0.15) is 10.6 Å². The van der Waals surface area contributed by atoms with Crippen LogP contribution in [0.3, 0.4) is 0 Å². The van der Waals surface area contributed by atoms with Gasteiger partial charge in [-0.2, -0.15) is 4.31 Å². The molecule has 2 heterocycles. The highest BCUT2D eigenvalue weighted by Gasteiger charge is 2.40. The quantitative estimate of drug-likeness (QED) is 0.855. The third-order valence-corrected chi connectivity index (χ3v) is 6.30. The van der Waals surface area contributed by atoms with Crippen LogP contribution in [0, 0.1) is 11.8 Å². The Morgan fingerprint density at radius 2 is 1.85 bits per heavy atom. The van der Waals surface area contributed by atoms with Gasteiger partial charge in [0.25, 0.3) is 0 Å². The first-order valence-electron chi connectivity index (χ1n) is 7.10. The second-order valence-electron chi connectivity index (χ2n) is 5.69. The molecule has 0 N–H and O–H groups in total. The summed E-state index contributed by atoms with van der Waals surface area (Å²) in [5.41, 5.74) is 0. The second kappa shape index (κ2) is 5.33. The molecule has 5 nitrogen and oxygen atoms in total. The van der Waals surface area contributed by atoms with Crippen LogP contribution in [0.2, 0.25) is 0 Å². The third kappa shape index (κ3) is 2.42. The Labute approximate surface area is 120 Å². The summed E-state index contributed by atoms with van der Waals surface area (Å²) >= 11 is 0. The van der Waals surface area contributed by atoms with Crippen molar-refractivity contribution < 1.29 is 13.2 Å². The maximum absolute atomic E-state index is 12.7. The summed E-state index contributed by atoms with van der Waals surface area (Å²) in [5, 5.41) is 0. The van der Waals surface area contributed by atoms with Crippen molar-refractivity contribution in [3.05, 3.63) is 18.5 Å². The van der Waals surface area contributed by atoms with Crippen LogP contribution in [0.15, 0.2) is 23.4 Å². The Morgan fingerprint density at radius 1 is 1.20 bits per heavy atom. The van der Waals surface area contributed by atoms with Crippen molar-refractivity contribution in [2.45, 2.75) is 30.6 Å². The lowest BCUT2D eigenvalue weighted by molar-refractivity contribution is 0.299. The first kappa shape index (κ1) is 13.8. The Bertz CT molecular complexity index is 574. The van der Waals surface area contributed by atoms with E-state index in [4.69, 9.17) is 4.74 Å². The molecule has 2 fully saturated rings. The van der Waals surface area contributed by atoms with Gasteiger partial charge in [-0.25, -0.2) is 8.42 Å². The van der Waals surface area contributed by atoms with E-state index in [0.29, 0.717) is 30.7 Å². The van der Waals surface area contributed by atoms with Crippen molar-refractivity contribution in [3.8, 4) is 5.75 Å². The number of aromatic nitrogens is 1. The van der Waals surface area contributed by atoms with Crippen molar-refractivity contribution in [3.63, 3.8) is 0 Å². The lowest BCUT2D eigenvalue weighted by Crippen LogP contribution is -2.29. The normalized spacial score (nSPS) is 27.2. The van der Waals surface area contributed by atoms with Gasteiger partial charge in [-0.15, -0.1) is 0 Å². The molecular weight excluding hydrogens is 276 g/mol. The minimum Gasteiger partial charge on any atom is -0.495 e. The number of methoxy groups -OCH3 is 1. The van der Waals surface area contributed by atoms with Gasteiger partial charge in [-0.05, 0) is 24.7 Å². The summed E-state index contributed by atoms with van der Waals surface area (Å²) in [5.74, 6) is 1.55. The fraction of sp³-hybridized carbons (Fsp3) is 0.643. The molecule has 6 heteroatoms. The molecule has 0 bridgehead atoms. The Morgan fingerprint density at radius 3 is 2.45 bits per heavy atom. The molecule has 2 aliphatic rings. The van der Waals surface area contributed by atoms with Crippen LogP contribution in [-0.4, -0.2) is 37.9 Å². The van der Waals surface area contributed by atoms with E-state index in [0.717, 1.165) is 12.8 Å². The SMILES string of the molecule is COc1cncc(S(=O)(=O)N2C[C@H]3CCCC[C@H]3C2)c1.